The van der Waals surface area contributed by atoms with Crippen molar-refractivity contribution in [2.24, 2.45) is 0 Å². The maximum Gasteiger partial charge on any atom is 0.128 e. The minimum atomic E-state index is 0.373. The van der Waals surface area contributed by atoms with Crippen LogP contribution < -0.4 is 5.32 Å². The van der Waals surface area contributed by atoms with Crippen molar-refractivity contribution in [3.63, 3.8) is 0 Å². The molecule has 2 N–H and O–H groups in total. The van der Waals surface area contributed by atoms with Crippen molar-refractivity contribution in [1.29, 1.82) is 5.41 Å². The summed E-state index contributed by atoms with van der Waals surface area (Å²) in [4.78, 5) is 7.98. The highest BCUT2D eigenvalue weighted by Gasteiger charge is 1.99. The fourth-order valence-electron chi connectivity index (χ4n) is 0.801. The first-order valence-electron chi connectivity index (χ1n) is 3.85. The molecule has 0 radical (unpaired) electrons. The van der Waals surface area contributed by atoms with Gasteiger partial charge in [0.1, 0.15) is 11.7 Å². The van der Waals surface area contributed by atoms with E-state index in [0.29, 0.717) is 5.84 Å². The molecule has 0 atom stereocenters. The molecule has 0 saturated heterocycles. The lowest BCUT2D eigenvalue weighted by Gasteiger charge is -2.03. The zero-order valence-electron chi connectivity index (χ0n) is 7.26. The number of hydrogen-bond acceptors (Lipinski definition) is 3. The van der Waals surface area contributed by atoms with Gasteiger partial charge < -0.3 is 5.32 Å². The molecule has 1 rings (SSSR count). The molecule has 12 heavy (non-hydrogen) atoms. The molecule has 0 aliphatic carbocycles. The molecule has 0 aliphatic rings. The molecule has 0 fully saturated rings. The van der Waals surface area contributed by atoms with Gasteiger partial charge in [-0.05, 0) is 13.8 Å². The normalized spacial score (nSPS) is 9.50. The Kier molecular flexibility index (Phi) is 2.74. The quantitative estimate of drug-likeness (QED) is 0.500. The Labute approximate surface area is 71.6 Å². The molecular weight excluding hydrogens is 152 g/mol. The van der Waals surface area contributed by atoms with Crippen LogP contribution in [-0.4, -0.2) is 22.3 Å². The monoisotopic (exact) mass is 164 g/mol. The van der Waals surface area contributed by atoms with Crippen molar-refractivity contribution in [3.8, 4) is 0 Å². The second-order valence-electron chi connectivity index (χ2n) is 2.42. The van der Waals surface area contributed by atoms with E-state index in [-0.39, 0.29) is 0 Å². The van der Waals surface area contributed by atoms with Gasteiger partial charge in [0.15, 0.2) is 0 Å². The molecular formula is C8H12N4. The molecule has 0 bridgehead atoms. The third-order valence-corrected chi connectivity index (χ3v) is 1.42. The van der Waals surface area contributed by atoms with Crippen LogP contribution in [0.4, 0.5) is 0 Å². The van der Waals surface area contributed by atoms with Crippen molar-refractivity contribution in [2.75, 3.05) is 6.54 Å². The molecule has 0 aliphatic heterocycles. The smallest absolute Gasteiger partial charge is 0.128 e. The number of nitrogens with one attached hydrogen (secondary N) is 2. The molecule has 4 nitrogen and oxygen atoms in total. The van der Waals surface area contributed by atoms with E-state index >= 15 is 0 Å². The maximum absolute atomic E-state index is 7.51. The lowest BCUT2D eigenvalue weighted by molar-refractivity contribution is 0.949. The zero-order chi connectivity index (χ0) is 8.97. The number of aromatic nitrogens is 2. The first kappa shape index (κ1) is 8.64. The highest BCUT2D eigenvalue weighted by atomic mass is 14.9. The Morgan fingerprint density at radius 1 is 1.50 bits per heavy atom. The lowest BCUT2D eigenvalue weighted by Crippen LogP contribution is -2.23. The highest BCUT2D eigenvalue weighted by Crippen LogP contribution is 1.94. The lowest BCUT2D eigenvalue weighted by atomic mass is 10.3. The summed E-state index contributed by atoms with van der Waals surface area (Å²) in [6.07, 6.45) is 3.29. The molecule has 1 heterocycles. The Balaban J connectivity index is 2.75. The summed E-state index contributed by atoms with van der Waals surface area (Å²) >= 11 is 0. The molecule has 4 heteroatoms. The Bertz CT molecular complexity index is 265. The summed E-state index contributed by atoms with van der Waals surface area (Å²) < 4.78 is 0. The molecule has 0 spiro atoms. The van der Waals surface area contributed by atoms with Crippen LogP contribution in [0.5, 0.6) is 0 Å². The van der Waals surface area contributed by atoms with Gasteiger partial charge in [-0.3, -0.25) is 5.41 Å². The largest absolute Gasteiger partial charge is 0.370 e. The van der Waals surface area contributed by atoms with E-state index in [1.54, 1.807) is 12.4 Å². The van der Waals surface area contributed by atoms with Crippen molar-refractivity contribution in [2.45, 2.75) is 13.8 Å². The standard InChI is InChI=1S/C8H12N4/c1-3-10-8(9)7-4-11-6(2)12-5-7/h4-5H,3H2,1-2H3,(H2,9,10). The molecule has 0 amide bonds. The third kappa shape index (κ3) is 2.02. The molecule has 0 unspecified atom stereocenters. The number of rotatable bonds is 2. The Hall–Kier alpha value is -1.45. The summed E-state index contributed by atoms with van der Waals surface area (Å²) in [6, 6.07) is 0. The summed E-state index contributed by atoms with van der Waals surface area (Å²) in [6.45, 7) is 4.51. The van der Waals surface area contributed by atoms with E-state index in [0.717, 1.165) is 17.9 Å². The maximum atomic E-state index is 7.51. The van der Waals surface area contributed by atoms with Crippen molar-refractivity contribution < 1.29 is 0 Å². The average Bonchev–Trinajstić information content (AvgIpc) is 2.06. The van der Waals surface area contributed by atoms with Gasteiger partial charge in [-0.1, -0.05) is 0 Å². The van der Waals surface area contributed by atoms with Crippen molar-refractivity contribution in [1.82, 2.24) is 15.3 Å². The van der Waals surface area contributed by atoms with E-state index in [1.807, 2.05) is 13.8 Å². The van der Waals surface area contributed by atoms with Crippen LogP contribution in [0.25, 0.3) is 0 Å². The Morgan fingerprint density at radius 3 is 2.58 bits per heavy atom. The first-order chi connectivity index (χ1) is 5.74. The van der Waals surface area contributed by atoms with Gasteiger partial charge in [0, 0.05) is 18.9 Å². The van der Waals surface area contributed by atoms with Gasteiger partial charge in [-0.15, -0.1) is 0 Å². The van der Waals surface area contributed by atoms with E-state index < -0.39 is 0 Å². The first-order valence-corrected chi connectivity index (χ1v) is 3.85. The van der Waals surface area contributed by atoms with Crippen LogP contribution >= 0.6 is 0 Å². The average molecular weight is 164 g/mol. The van der Waals surface area contributed by atoms with E-state index in [1.165, 1.54) is 0 Å². The van der Waals surface area contributed by atoms with E-state index in [4.69, 9.17) is 5.41 Å². The van der Waals surface area contributed by atoms with Crippen LogP contribution in [0, 0.1) is 12.3 Å². The van der Waals surface area contributed by atoms with Crippen LogP contribution in [-0.2, 0) is 0 Å². The van der Waals surface area contributed by atoms with E-state index in [2.05, 4.69) is 15.3 Å². The Morgan fingerprint density at radius 2 is 2.08 bits per heavy atom. The summed E-state index contributed by atoms with van der Waals surface area (Å²) in [5.41, 5.74) is 0.724. The molecule has 64 valence electrons. The van der Waals surface area contributed by atoms with Gasteiger partial charge in [0.25, 0.3) is 0 Å². The van der Waals surface area contributed by atoms with Crippen molar-refractivity contribution in [3.05, 3.63) is 23.8 Å². The molecule has 1 aromatic rings. The SMILES string of the molecule is CCNC(=N)c1cnc(C)nc1. The van der Waals surface area contributed by atoms with Gasteiger partial charge in [-0.2, -0.15) is 0 Å². The fourth-order valence-corrected chi connectivity index (χ4v) is 0.801. The van der Waals surface area contributed by atoms with Gasteiger partial charge in [0.2, 0.25) is 0 Å². The summed E-state index contributed by atoms with van der Waals surface area (Å²) in [7, 11) is 0. The molecule has 0 saturated carbocycles. The van der Waals surface area contributed by atoms with Gasteiger partial charge >= 0.3 is 0 Å². The topological polar surface area (TPSA) is 61.7 Å². The van der Waals surface area contributed by atoms with Crippen LogP contribution in [0.3, 0.4) is 0 Å². The predicted octanol–water partition coefficient (Wildman–Crippen LogP) is 0.720. The van der Waals surface area contributed by atoms with Crippen molar-refractivity contribution >= 4 is 5.84 Å². The highest BCUT2D eigenvalue weighted by molar-refractivity contribution is 5.95. The minimum absolute atomic E-state index is 0.373. The van der Waals surface area contributed by atoms with Gasteiger partial charge in [0.05, 0.1) is 5.56 Å². The second-order valence-corrected chi connectivity index (χ2v) is 2.42. The van der Waals surface area contributed by atoms with Crippen LogP contribution in [0.1, 0.15) is 18.3 Å². The number of aryl methyl sites for hydroxylation is 1. The molecule has 0 aromatic carbocycles. The third-order valence-electron chi connectivity index (χ3n) is 1.42. The van der Waals surface area contributed by atoms with E-state index in [9.17, 15) is 0 Å². The van der Waals surface area contributed by atoms with Gasteiger partial charge in [-0.25, -0.2) is 9.97 Å². The van der Waals surface area contributed by atoms with Crippen LogP contribution in [0.2, 0.25) is 0 Å². The predicted molar refractivity (Wildman–Crippen MR) is 47.3 cm³/mol. The molecule has 1 aromatic heterocycles. The summed E-state index contributed by atoms with van der Waals surface area (Å²) in [5.74, 6) is 1.10. The number of amidine groups is 1. The minimum Gasteiger partial charge on any atom is -0.370 e. The summed E-state index contributed by atoms with van der Waals surface area (Å²) in [5, 5.41) is 10.4. The second kappa shape index (κ2) is 3.80. The number of nitrogens with zero attached hydrogens (tertiary/aromatic N) is 2. The zero-order valence-corrected chi connectivity index (χ0v) is 7.26. The number of hydrogen-bond donors (Lipinski definition) is 2. The fraction of sp³-hybridized carbons (Fsp3) is 0.375. The van der Waals surface area contributed by atoms with Crippen LogP contribution in [0.15, 0.2) is 12.4 Å².